The molecule has 2 N–H and O–H groups in total. The highest BCUT2D eigenvalue weighted by molar-refractivity contribution is 7.90. The molecule has 1 amide bonds. The number of amides is 1. The van der Waals surface area contributed by atoms with Gasteiger partial charge in [0.1, 0.15) is 9.84 Å². The molecule has 7 heteroatoms. The Morgan fingerprint density at radius 2 is 2.18 bits per heavy atom. The van der Waals surface area contributed by atoms with Gasteiger partial charge in [0, 0.05) is 26.0 Å². The van der Waals surface area contributed by atoms with E-state index in [4.69, 9.17) is 0 Å². The molecule has 0 bridgehead atoms. The SMILES string of the molecule is CNc1cnccc1C(=O)NCCS(C)(=O)=O. The summed E-state index contributed by atoms with van der Waals surface area (Å²) in [6, 6.07) is 1.57. The average Bonchev–Trinajstić information content (AvgIpc) is 2.27. The standard InChI is InChI=1S/C10H15N3O3S/c1-11-9-7-12-4-3-8(9)10(14)13-5-6-17(2,15)16/h3-4,7,11H,5-6H2,1-2H3,(H,13,14). The molecule has 94 valence electrons. The molecule has 17 heavy (non-hydrogen) atoms. The van der Waals surface area contributed by atoms with E-state index in [1.165, 1.54) is 12.4 Å². The Hall–Kier alpha value is -1.63. The van der Waals surface area contributed by atoms with Crippen LogP contribution < -0.4 is 10.6 Å². The van der Waals surface area contributed by atoms with Gasteiger partial charge >= 0.3 is 0 Å². The highest BCUT2D eigenvalue weighted by atomic mass is 32.2. The summed E-state index contributed by atoms with van der Waals surface area (Å²) in [4.78, 5) is 15.6. The minimum atomic E-state index is -3.06. The van der Waals surface area contributed by atoms with Crippen molar-refractivity contribution in [2.24, 2.45) is 0 Å². The monoisotopic (exact) mass is 257 g/mol. The Labute approximate surface area is 100 Å². The first-order valence-corrected chi connectivity index (χ1v) is 7.08. The van der Waals surface area contributed by atoms with Gasteiger partial charge in [-0.05, 0) is 6.07 Å². The fourth-order valence-electron chi connectivity index (χ4n) is 1.24. The number of aromatic nitrogens is 1. The molecule has 0 aliphatic rings. The third-order valence-electron chi connectivity index (χ3n) is 2.09. The van der Waals surface area contributed by atoms with Crippen molar-refractivity contribution in [3.63, 3.8) is 0 Å². The van der Waals surface area contributed by atoms with Crippen LogP contribution in [0.25, 0.3) is 0 Å². The second-order valence-electron chi connectivity index (χ2n) is 3.56. The van der Waals surface area contributed by atoms with E-state index in [1.54, 1.807) is 13.1 Å². The number of sulfone groups is 1. The van der Waals surface area contributed by atoms with Gasteiger partial charge in [-0.1, -0.05) is 0 Å². The van der Waals surface area contributed by atoms with Gasteiger partial charge in [0.05, 0.1) is 23.2 Å². The third kappa shape index (κ3) is 4.39. The zero-order valence-corrected chi connectivity index (χ0v) is 10.5. The van der Waals surface area contributed by atoms with E-state index in [-0.39, 0.29) is 18.2 Å². The second-order valence-corrected chi connectivity index (χ2v) is 5.82. The number of nitrogens with one attached hydrogen (secondary N) is 2. The highest BCUT2D eigenvalue weighted by Gasteiger charge is 2.10. The summed E-state index contributed by atoms with van der Waals surface area (Å²) >= 11 is 0. The Morgan fingerprint density at radius 3 is 2.76 bits per heavy atom. The Balaban J connectivity index is 2.64. The molecule has 0 spiro atoms. The molecule has 0 atom stereocenters. The molecule has 0 fully saturated rings. The molecule has 6 nitrogen and oxygen atoms in total. The van der Waals surface area contributed by atoms with Crippen LogP contribution in [0.15, 0.2) is 18.5 Å². The fraction of sp³-hybridized carbons (Fsp3) is 0.400. The first-order valence-electron chi connectivity index (χ1n) is 5.02. The van der Waals surface area contributed by atoms with Crippen LogP contribution in [0.1, 0.15) is 10.4 Å². The lowest BCUT2D eigenvalue weighted by Crippen LogP contribution is -2.29. The Bertz CT molecular complexity index is 499. The fourth-order valence-corrected chi connectivity index (χ4v) is 1.71. The molecular formula is C10H15N3O3S. The van der Waals surface area contributed by atoms with E-state index in [9.17, 15) is 13.2 Å². The van der Waals surface area contributed by atoms with Crippen molar-refractivity contribution in [2.75, 3.05) is 30.9 Å². The lowest BCUT2D eigenvalue weighted by atomic mass is 10.2. The minimum absolute atomic E-state index is 0.0707. The maximum atomic E-state index is 11.7. The molecule has 1 aromatic heterocycles. The number of carbonyl (C=O) groups is 1. The molecule has 1 rings (SSSR count). The zero-order valence-electron chi connectivity index (χ0n) is 9.73. The van der Waals surface area contributed by atoms with Crippen molar-refractivity contribution in [3.05, 3.63) is 24.0 Å². The van der Waals surface area contributed by atoms with E-state index in [2.05, 4.69) is 15.6 Å². The van der Waals surface area contributed by atoms with Gasteiger partial charge in [0.15, 0.2) is 0 Å². The van der Waals surface area contributed by atoms with Gasteiger partial charge in [-0.15, -0.1) is 0 Å². The second kappa shape index (κ2) is 5.62. The predicted molar refractivity (Wildman–Crippen MR) is 65.8 cm³/mol. The van der Waals surface area contributed by atoms with Crippen LogP contribution in [0.4, 0.5) is 5.69 Å². The highest BCUT2D eigenvalue weighted by Crippen LogP contribution is 2.11. The molecule has 1 heterocycles. The molecule has 0 aliphatic heterocycles. The van der Waals surface area contributed by atoms with Crippen LogP contribution in [-0.2, 0) is 9.84 Å². The van der Waals surface area contributed by atoms with Gasteiger partial charge in [-0.3, -0.25) is 9.78 Å². The number of hydrogen-bond donors (Lipinski definition) is 2. The van der Waals surface area contributed by atoms with E-state index >= 15 is 0 Å². The van der Waals surface area contributed by atoms with Crippen molar-refractivity contribution < 1.29 is 13.2 Å². The van der Waals surface area contributed by atoms with E-state index in [1.807, 2.05) is 0 Å². The maximum absolute atomic E-state index is 11.7. The topological polar surface area (TPSA) is 88.2 Å². The van der Waals surface area contributed by atoms with Gasteiger partial charge in [-0.25, -0.2) is 8.42 Å². The molecule has 0 radical (unpaired) electrons. The summed E-state index contributed by atoms with van der Waals surface area (Å²) in [6.45, 7) is 0.100. The van der Waals surface area contributed by atoms with Gasteiger partial charge < -0.3 is 10.6 Å². The smallest absolute Gasteiger partial charge is 0.253 e. The van der Waals surface area contributed by atoms with Crippen LogP contribution in [0.3, 0.4) is 0 Å². The van der Waals surface area contributed by atoms with E-state index < -0.39 is 9.84 Å². The van der Waals surface area contributed by atoms with Gasteiger partial charge in [-0.2, -0.15) is 0 Å². The van der Waals surface area contributed by atoms with Crippen molar-refractivity contribution in [3.8, 4) is 0 Å². The third-order valence-corrected chi connectivity index (χ3v) is 3.04. The Kier molecular flexibility index (Phi) is 4.45. The largest absolute Gasteiger partial charge is 0.386 e. The van der Waals surface area contributed by atoms with Crippen LogP contribution >= 0.6 is 0 Å². The summed E-state index contributed by atoms with van der Waals surface area (Å²) in [5, 5.41) is 5.39. The van der Waals surface area contributed by atoms with Crippen molar-refractivity contribution in [1.82, 2.24) is 10.3 Å². The normalized spacial score (nSPS) is 10.9. The number of carbonyl (C=O) groups excluding carboxylic acids is 1. The first-order chi connectivity index (χ1) is 7.94. The van der Waals surface area contributed by atoms with Crippen molar-refractivity contribution in [2.45, 2.75) is 0 Å². The Morgan fingerprint density at radius 1 is 1.47 bits per heavy atom. The van der Waals surface area contributed by atoms with Crippen LogP contribution in [-0.4, -0.2) is 44.9 Å². The molecule has 1 aromatic rings. The van der Waals surface area contributed by atoms with Crippen LogP contribution in [0.2, 0.25) is 0 Å². The average molecular weight is 257 g/mol. The number of pyridine rings is 1. The lowest BCUT2D eigenvalue weighted by molar-refractivity contribution is 0.0957. The molecular weight excluding hydrogens is 242 g/mol. The van der Waals surface area contributed by atoms with Crippen LogP contribution in [0.5, 0.6) is 0 Å². The van der Waals surface area contributed by atoms with E-state index in [0.717, 1.165) is 6.26 Å². The molecule has 0 aromatic carbocycles. The molecule has 0 saturated heterocycles. The van der Waals surface area contributed by atoms with Crippen molar-refractivity contribution >= 4 is 21.4 Å². The first kappa shape index (κ1) is 13.4. The summed E-state index contributed by atoms with van der Waals surface area (Å²) in [5.41, 5.74) is 1.04. The van der Waals surface area contributed by atoms with Crippen molar-refractivity contribution in [1.29, 1.82) is 0 Å². The summed E-state index contributed by atoms with van der Waals surface area (Å²) in [7, 11) is -1.38. The molecule has 0 aliphatic carbocycles. The quantitative estimate of drug-likeness (QED) is 0.769. The van der Waals surface area contributed by atoms with E-state index in [0.29, 0.717) is 11.3 Å². The number of hydrogen-bond acceptors (Lipinski definition) is 5. The van der Waals surface area contributed by atoms with Crippen LogP contribution in [0, 0.1) is 0 Å². The molecule has 0 saturated carbocycles. The summed E-state index contributed by atoms with van der Waals surface area (Å²) in [6.07, 6.45) is 4.17. The number of rotatable bonds is 5. The number of anilines is 1. The summed E-state index contributed by atoms with van der Waals surface area (Å²) in [5.74, 6) is -0.390. The minimum Gasteiger partial charge on any atom is -0.386 e. The molecule has 0 unspecified atom stereocenters. The summed E-state index contributed by atoms with van der Waals surface area (Å²) < 4.78 is 21.8. The maximum Gasteiger partial charge on any atom is 0.253 e. The number of nitrogens with zero attached hydrogens (tertiary/aromatic N) is 1. The predicted octanol–water partition coefficient (Wildman–Crippen LogP) is -0.102. The van der Waals surface area contributed by atoms with Gasteiger partial charge in [0.25, 0.3) is 5.91 Å². The zero-order chi connectivity index (χ0) is 12.9. The van der Waals surface area contributed by atoms with Gasteiger partial charge in [0.2, 0.25) is 0 Å². The lowest BCUT2D eigenvalue weighted by Gasteiger charge is -2.08.